The molecule has 1 atom stereocenters. The van der Waals surface area contributed by atoms with Gasteiger partial charge in [0, 0.05) is 0 Å². The molecule has 0 aliphatic heterocycles. The molecule has 24 heavy (non-hydrogen) atoms. The first kappa shape index (κ1) is 18.6. The van der Waals surface area contributed by atoms with E-state index in [9.17, 15) is 0 Å². The van der Waals surface area contributed by atoms with Gasteiger partial charge in [-0.25, -0.2) is 0 Å². The zero-order valence-corrected chi connectivity index (χ0v) is 19.2. The van der Waals surface area contributed by atoms with Crippen LogP contribution in [-0.2, 0) is 33.5 Å². The van der Waals surface area contributed by atoms with Gasteiger partial charge in [-0.2, -0.15) is 0 Å². The van der Waals surface area contributed by atoms with Crippen molar-refractivity contribution in [2.45, 2.75) is 78.6 Å². The van der Waals surface area contributed by atoms with E-state index in [0.717, 1.165) is 0 Å². The van der Waals surface area contributed by atoms with Gasteiger partial charge in [-0.05, 0) is 0 Å². The van der Waals surface area contributed by atoms with Gasteiger partial charge in [-0.3, -0.25) is 0 Å². The number of benzene rings is 1. The molecule has 3 heteroatoms. The number of allylic oxidation sites excluding steroid dienone is 1. The third-order valence-corrected chi connectivity index (χ3v) is 13.6. The van der Waals surface area contributed by atoms with E-state index in [2.05, 4.69) is 96.6 Å². The molecule has 2 aliphatic carbocycles. The van der Waals surface area contributed by atoms with Crippen LogP contribution in [0.25, 0.3) is 6.08 Å². The Bertz CT molecular complexity index is 709. The SMILES string of the molecule is CC1=Cc2cc3c(cc2C1[Si](C)(C)[N]([Ti])C(C)(C)C)CC(C)(C)C3. The molecule has 0 spiro atoms. The van der Waals surface area contributed by atoms with Gasteiger partial charge in [0.2, 0.25) is 0 Å². The number of nitrogens with zero attached hydrogens (tertiary/aromatic N) is 1. The average Bonchev–Trinajstić information content (AvgIpc) is 2.86. The molecule has 1 aromatic carbocycles. The summed E-state index contributed by atoms with van der Waals surface area (Å²) in [6.07, 6.45) is 4.94. The van der Waals surface area contributed by atoms with Crippen molar-refractivity contribution < 1.29 is 20.7 Å². The molecule has 0 N–H and O–H groups in total. The second-order valence-electron chi connectivity index (χ2n) is 10.2. The molecule has 0 aromatic heterocycles. The van der Waals surface area contributed by atoms with E-state index >= 15 is 0 Å². The van der Waals surface area contributed by atoms with Crippen LogP contribution in [0.2, 0.25) is 13.1 Å². The Morgan fingerprint density at radius 2 is 1.67 bits per heavy atom. The number of hydrogen-bond donors (Lipinski definition) is 0. The van der Waals surface area contributed by atoms with Crippen LogP contribution < -0.4 is 0 Å². The second kappa shape index (κ2) is 5.67. The number of rotatable bonds is 2. The molecule has 0 fully saturated rings. The fourth-order valence-corrected chi connectivity index (χ4v) is 9.83. The molecule has 0 amide bonds. The summed E-state index contributed by atoms with van der Waals surface area (Å²) in [7, 11) is -1.63. The Labute approximate surface area is 161 Å². The van der Waals surface area contributed by atoms with E-state index in [4.69, 9.17) is 0 Å². The predicted molar refractivity (Wildman–Crippen MR) is 103 cm³/mol. The van der Waals surface area contributed by atoms with E-state index in [-0.39, 0.29) is 5.54 Å². The molecule has 1 nitrogen and oxygen atoms in total. The third kappa shape index (κ3) is 3.05. The number of fused-ring (bicyclic) bond motifs is 2. The molecule has 0 saturated carbocycles. The third-order valence-electron chi connectivity index (χ3n) is 5.85. The maximum absolute atomic E-state index is 2.69. The molecule has 129 valence electrons. The Balaban J connectivity index is 2.05. The Kier molecular flexibility index (Phi) is 4.41. The molecule has 3 rings (SSSR count). The Morgan fingerprint density at radius 1 is 1.12 bits per heavy atom. The van der Waals surface area contributed by atoms with Crippen LogP contribution >= 0.6 is 0 Å². The van der Waals surface area contributed by atoms with Crippen molar-refractivity contribution >= 4 is 14.3 Å². The number of hydrogen-bond acceptors (Lipinski definition) is 1. The topological polar surface area (TPSA) is 3.24 Å². The molecule has 0 heterocycles. The van der Waals surface area contributed by atoms with Gasteiger partial charge in [0.05, 0.1) is 0 Å². The van der Waals surface area contributed by atoms with Crippen molar-refractivity contribution in [1.29, 1.82) is 0 Å². The molecule has 1 aromatic rings. The first-order valence-electron chi connectivity index (χ1n) is 9.18. The summed E-state index contributed by atoms with van der Waals surface area (Å²) in [5.74, 6) is 0. The molecule has 0 bridgehead atoms. The van der Waals surface area contributed by atoms with Crippen LogP contribution in [0.1, 0.15) is 69.3 Å². The summed E-state index contributed by atoms with van der Waals surface area (Å²) < 4.78 is 2.69. The van der Waals surface area contributed by atoms with Crippen LogP contribution in [-0.4, -0.2) is 16.8 Å². The van der Waals surface area contributed by atoms with Gasteiger partial charge in [-0.1, -0.05) is 0 Å². The van der Waals surface area contributed by atoms with E-state index in [1.54, 1.807) is 22.3 Å². The van der Waals surface area contributed by atoms with E-state index < -0.39 is 8.24 Å². The summed E-state index contributed by atoms with van der Waals surface area (Å²) in [4.78, 5) is 0. The van der Waals surface area contributed by atoms with Crippen LogP contribution in [0.15, 0.2) is 17.7 Å². The van der Waals surface area contributed by atoms with E-state index in [0.29, 0.717) is 11.0 Å². The van der Waals surface area contributed by atoms with Crippen LogP contribution in [0, 0.1) is 5.41 Å². The maximum atomic E-state index is 2.69. The normalized spacial score (nSPS) is 22.5. The van der Waals surface area contributed by atoms with Gasteiger partial charge in [-0.15, -0.1) is 0 Å². The fraction of sp³-hybridized carbons (Fsp3) is 0.619. The quantitative estimate of drug-likeness (QED) is 0.608. The van der Waals surface area contributed by atoms with Crippen molar-refractivity contribution in [1.82, 2.24) is 3.05 Å². The first-order chi connectivity index (χ1) is 10.8. The van der Waals surface area contributed by atoms with Crippen molar-refractivity contribution in [3.8, 4) is 0 Å². The van der Waals surface area contributed by atoms with E-state index in [1.807, 2.05) is 0 Å². The zero-order chi connectivity index (χ0) is 18.1. The minimum absolute atomic E-state index is 0.220. The van der Waals surface area contributed by atoms with Crippen LogP contribution in [0.4, 0.5) is 0 Å². The summed E-state index contributed by atoms with van der Waals surface area (Å²) in [6, 6.07) is 5.08. The van der Waals surface area contributed by atoms with Crippen molar-refractivity contribution in [2.24, 2.45) is 5.41 Å². The fourth-order valence-electron chi connectivity index (χ4n) is 5.03. The molecular formula is C21H32NSiTi. The molecule has 1 unspecified atom stereocenters. The zero-order valence-electron chi connectivity index (χ0n) is 16.7. The van der Waals surface area contributed by atoms with Gasteiger partial charge >= 0.3 is 162 Å². The van der Waals surface area contributed by atoms with Gasteiger partial charge < -0.3 is 0 Å². The van der Waals surface area contributed by atoms with Gasteiger partial charge in [0.15, 0.2) is 0 Å². The Hall–Kier alpha value is -0.149. The second-order valence-corrected chi connectivity index (χ2v) is 16.0. The van der Waals surface area contributed by atoms with Crippen molar-refractivity contribution in [3.63, 3.8) is 0 Å². The molecule has 0 radical (unpaired) electrons. The van der Waals surface area contributed by atoms with Crippen LogP contribution in [0.5, 0.6) is 0 Å². The predicted octanol–water partition coefficient (Wildman–Crippen LogP) is 5.62. The van der Waals surface area contributed by atoms with Gasteiger partial charge in [0.25, 0.3) is 0 Å². The van der Waals surface area contributed by atoms with E-state index in [1.165, 1.54) is 18.4 Å². The monoisotopic (exact) mass is 374 g/mol. The standard InChI is InChI=1S/C21H32NSi.Ti/c1-14-9-15-10-16-12-21(5,6)13-17(16)11-18(15)19(14)23(7,8)22-20(2,3)4;/h9-11,19H,12-13H2,1-8H3;/q-1;+1. The van der Waals surface area contributed by atoms with Crippen LogP contribution in [0.3, 0.4) is 0 Å². The molecule has 2 aliphatic rings. The van der Waals surface area contributed by atoms with Crippen molar-refractivity contribution in [2.75, 3.05) is 0 Å². The first-order valence-corrected chi connectivity index (χ1v) is 12.9. The summed E-state index contributed by atoms with van der Waals surface area (Å²) in [5, 5.41) is 0. The van der Waals surface area contributed by atoms with Gasteiger partial charge in [0.1, 0.15) is 0 Å². The average molecular weight is 374 g/mol. The molecule has 0 saturated heterocycles. The van der Waals surface area contributed by atoms with Crippen molar-refractivity contribution in [3.05, 3.63) is 40.0 Å². The summed E-state index contributed by atoms with van der Waals surface area (Å²) in [5.41, 5.74) is 9.14. The Morgan fingerprint density at radius 3 is 2.21 bits per heavy atom. The summed E-state index contributed by atoms with van der Waals surface area (Å²) in [6.45, 7) is 19.3. The molecular weight excluding hydrogens is 342 g/mol. The summed E-state index contributed by atoms with van der Waals surface area (Å²) >= 11 is 2.34. The minimum atomic E-state index is -1.63.